The van der Waals surface area contributed by atoms with Crippen LogP contribution in [-0.4, -0.2) is 30.1 Å². The molecule has 4 atom stereocenters. The van der Waals surface area contributed by atoms with Crippen LogP contribution in [0.25, 0.3) is 0 Å². The fraction of sp³-hybridized carbons (Fsp3) is 0.952. The number of oxime groups is 1. The van der Waals surface area contributed by atoms with Crippen molar-refractivity contribution in [2.24, 2.45) is 34.1 Å². The Kier molecular flexibility index (Phi) is 6.43. The number of hydrogen-bond acceptors (Lipinski definition) is 4. The molecule has 4 heteroatoms. The molecule has 3 N–H and O–H groups in total. The second kappa shape index (κ2) is 8.39. The van der Waals surface area contributed by atoms with E-state index in [0.717, 1.165) is 50.4 Å². The van der Waals surface area contributed by atoms with E-state index in [1.54, 1.807) is 0 Å². The Hall–Kier alpha value is -0.610. The minimum absolute atomic E-state index is 0.0255. The number of aliphatic hydroxyl groups is 1. The van der Waals surface area contributed by atoms with Crippen molar-refractivity contribution in [1.29, 1.82) is 0 Å². The molecule has 0 aliphatic heterocycles. The highest BCUT2D eigenvalue weighted by atomic mass is 16.6. The first-order valence-electron chi connectivity index (χ1n) is 10.7. The number of nitrogens with two attached hydrogens (primary N) is 1. The zero-order valence-corrected chi connectivity index (χ0v) is 16.1. The summed E-state index contributed by atoms with van der Waals surface area (Å²) in [6, 6.07) is 0. The zero-order valence-electron chi connectivity index (χ0n) is 16.1. The summed E-state index contributed by atoms with van der Waals surface area (Å²) in [7, 11) is 0. The van der Waals surface area contributed by atoms with Gasteiger partial charge in [0.05, 0.1) is 5.60 Å². The van der Waals surface area contributed by atoms with Gasteiger partial charge >= 0.3 is 0 Å². The number of hydrogen-bond donors (Lipinski definition) is 2. The minimum atomic E-state index is -0.496. The van der Waals surface area contributed by atoms with E-state index in [2.05, 4.69) is 12.1 Å². The van der Waals surface area contributed by atoms with Crippen molar-refractivity contribution in [2.45, 2.75) is 89.6 Å². The van der Waals surface area contributed by atoms with Crippen molar-refractivity contribution in [3.63, 3.8) is 0 Å². The van der Waals surface area contributed by atoms with E-state index in [1.807, 2.05) is 6.21 Å². The molecular formula is C21H38N2O2. The summed E-state index contributed by atoms with van der Waals surface area (Å²) >= 11 is 0. The highest BCUT2D eigenvalue weighted by molar-refractivity contribution is 5.62. The van der Waals surface area contributed by atoms with E-state index >= 15 is 0 Å². The number of unbranched alkanes of at least 4 members (excludes halogenated alkanes) is 1. The summed E-state index contributed by atoms with van der Waals surface area (Å²) in [5.74, 6) is 1.95. The van der Waals surface area contributed by atoms with Crippen molar-refractivity contribution < 1.29 is 9.94 Å². The average molecular weight is 351 g/mol. The Morgan fingerprint density at radius 3 is 2.64 bits per heavy atom. The van der Waals surface area contributed by atoms with Crippen LogP contribution in [-0.2, 0) is 4.84 Å². The van der Waals surface area contributed by atoms with Gasteiger partial charge in [0.15, 0.2) is 0 Å². The minimum Gasteiger partial charge on any atom is -0.396 e. The van der Waals surface area contributed by atoms with Crippen molar-refractivity contribution in [3.05, 3.63) is 0 Å². The van der Waals surface area contributed by atoms with Gasteiger partial charge in [0.1, 0.15) is 6.61 Å². The van der Waals surface area contributed by atoms with Gasteiger partial charge in [0.2, 0.25) is 0 Å². The smallest absolute Gasteiger partial charge is 0.117 e. The maximum atomic E-state index is 11.5. The Labute approximate surface area is 153 Å². The molecule has 0 unspecified atom stereocenters. The second-order valence-electron chi connectivity index (χ2n) is 9.08. The van der Waals surface area contributed by atoms with Gasteiger partial charge in [-0.05, 0) is 63.3 Å². The fourth-order valence-electron chi connectivity index (χ4n) is 5.84. The normalized spacial score (nSPS) is 39.6. The molecule has 0 heterocycles. The Morgan fingerprint density at radius 2 is 1.88 bits per heavy atom. The van der Waals surface area contributed by atoms with E-state index in [1.165, 1.54) is 38.5 Å². The highest BCUT2D eigenvalue weighted by Crippen LogP contribution is 2.60. The lowest BCUT2D eigenvalue weighted by atomic mass is 9.57. The molecule has 0 spiro atoms. The quantitative estimate of drug-likeness (QED) is 0.409. The largest absolute Gasteiger partial charge is 0.396 e. The monoisotopic (exact) mass is 350 g/mol. The molecule has 0 aromatic heterocycles. The zero-order chi connectivity index (χ0) is 17.8. The number of fused-ring (bicyclic) bond motifs is 1. The van der Waals surface area contributed by atoms with Gasteiger partial charge in [-0.25, -0.2) is 0 Å². The molecular weight excluding hydrogens is 312 g/mol. The molecule has 0 bridgehead atoms. The molecule has 3 aliphatic rings. The van der Waals surface area contributed by atoms with E-state index in [9.17, 15) is 5.11 Å². The third kappa shape index (κ3) is 4.05. The van der Waals surface area contributed by atoms with Gasteiger partial charge in [-0.2, -0.15) is 0 Å². The molecule has 3 aliphatic carbocycles. The van der Waals surface area contributed by atoms with E-state index in [4.69, 9.17) is 10.6 Å². The summed E-state index contributed by atoms with van der Waals surface area (Å²) in [6.45, 7) is 3.65. The number of nitrogens with zero attached hydrogens (tertiary/aromatic N) is 1. The third-order valence-corrected chi connectivity index (χ3v) is 7.71. The molecule has 0 amide bonds. The van der Waals surface area contributed by atoms with Gasteiger partial charge in [-0.15, -0.1) is 0 Å². The van der Waals surface area contributed by atoms with Crippen molar-refractivity contribution in [2.75, 3.05) is 13.2 Å². The van der Waals surface area contributed by atoms with Crippen LogP contribution in [0, 0.1) is 23.2 Å². The molecule has 3 saturated carbocycles. The lowest BCUT2D eigenvalue weighted by Crippen LogP contribution is -2.51. The topological polar surface area (TPSA) is 67.8 Å². The Morgan fingerprint density at radius 1 is 1.08 bits per heavy atom. The first kappa shape index (κ1) is 19.2. The average Bonchev–Trinajstić information content (AvgIpc) is 2.89. The van der Waals surface area contributed by atoms with Crippen molar-refractivity contribution in [3.8, 4) is 0 Å². The van der Waals surface area contributed by atoms with Crippen molar-refractivity contribution >= 4 is 6.21 Å². The summed E-state index contributed by atoms with van der Waals surface area (Å²) in [5.41, 5.74) is 4.97. The van der Waals surface area contributed by atoms with Gasteiger partial charge in [-0.3, -0.25) is 0 Å². The molecule has 0 radical (unpaired) electrons. The van der Waals surface area contributed by atoms with E-state index in [0.29, 0.717) is 19.1 Å². The summed E-state index contributed by atoms with van der Waals surface area (Å²) in [5, 5.41) is 15.7. The van der Waals surface area contributed by atoms with Crippen LogP contribution in [0.3, 0.4) is 0 Å². The lowest BCUT2D eigenvalue weighted by Gasteiger charge is -2.50. The second-order valence-corrected chi connectivity index (χ2v) is 9.08. The molecule has 3 rings (SSSR count). The van der Waals surface area contributed by atoms with Crippen LogP contribution in [0.1, 0.15) is 84.0 Å². The summed E-state index contributed by atoms with van der Waals surface area (Å²) in [4.78, 5) is 5.40. The number of rotatable bonds is 7. The molecule has 3 fully saturated rings. The van der Waals surface area contributed by atoms with Crippen LogP contribution in [0.5, 0.6) is 0 Å². The third-order valence-electron chi connectivity index (χ3n) is 7.71. The van der Waals surface area contributed by atoms with Gasteiger partial charge in [0, 0.05) is 17.5 Å². The molecule has 0 aromatic carbocycles. The molecule has 144 valence electrons. The Bertz CT molecular complexity index is 449. The molecule has 0 aromatic rings. The molecule has 4 nitrogen and oxygen atoms in total. The van der Waals surface area contributed by atoms with Crippen LogP contribution in [0.15, 0.2) is 5.16 Å². The fourth-order valence-corrected chi connectivity index (χ4v) is 5.84. The maximum absolute atomic E-state index is 11.5. The standard InChI is InChI=1S/C21H38N2O2/c1-20-11-9-18(17-7-3-2-4-8-17)15-21(20,24)12-10-19(20)16-23-25-14-6-5-13-22/h16-19,24H,2-15,22H2,1H3/b23-16+/t18-,19+,20+,21-/m0/s1. The molecule has 25 heavy (non-hydrogen) atoms. The van der Waals surface area contributed by atoms with Gasteiger partial charge < -0.3 is 15.7 Å². The first-order valence-corrected chi connectivity index (χ1v) is 10.7. The van der Waals surface area contributed by atoms with E-state index < -0.39 is 5.60 Å². The van der Waals surface area contributed by atoms with Crippen LogP contribution >= 0.6 is 0 Å². The van der Waals surface area contributed by atoms with Crippen molar-refractivity contribution in [1.82, 2.24) is 0 Å². The van der Waals surface area contributed by atoms with Crippen LogP contribution < -0.4 is 5.73 Å². The SMILES string of the molecule is C[C@]12CC[C@H](C3CCCCC3)C[C@@]1(O)CC[C@@H]2/C=N/OCCCCN. The Balaban J connectivity index is 1.56. The lowest BCUT2D eigenvalue weighted by molar-refractivity contribution is -0.115. The predicted octanol–water partition coefficient (Wildman–Crippen LogP) is 4.26. The van der Waals surface area contributed by atoms with Crippen LogP contribution in [0.2, 0.25) is 0 Å². The predicted molar refractivity (Wildman–Crippen MR) is 102 cm³/mol. The van der Waals surface area contributed by atoms with E-state index in [-0.39, 0.29) is 5.41 Å². The first-order chi connectivity index (χ1) is 12.1. The molecule has 0 saturated heterocycles. The van der Waals surface area contributed by atoms with Gasteiger partial charge in [0.25, 0.3) is 0 Å². The summed E-state index contributed by atoms with van der Waals surface area (Å²) in [6.07, 6.45) is 16.3. The van der Waals surface area contributed by atoms with Crippen LogP contribution in [0.4, 0.5) is 0 Å². The van der Waals surface area contributed by atoms with Gasteiger partial charge in [-0.1, -0.05) is 44.2 Å². The highest BCUT2D eigenvalue weighted by Gasteiger charge is 2.59. The summed E-state index contributed by atoms with van der Waals surface area (Å²) < 4.78 is 0. The maximum Gasteiger partial charge on any atom is 0.117 e.